The quantitative estimate of drug-likeness (QED) is 0.673. The molecule has 1 N–H and O–H groups in total. The molecule has 1 aromatic carbocycles. The van der Waals surface area contributed by atoms with E-state index in [1.165, 1.54) is 28.7 Å². The van der Waals surface area contributed by atoms with Crippen molar-refractivity contribution in [2.75, 3.05) is 5.32 Å². The van der Waals surface area contributed by atoms with Gasteiger partial charge in [0.05, 0.1) is 17.0 Å². The standard InChI is InChI=1S/C15H15N3O3S.ClH/c19-14(9-10-5-1-3-7-12(10)18(20)21)17-15-16-11-6-2-4-8-13(11)22-15;/h1,3,5,7H,2,4,6,8-9H2,(H,16,17,19);1H. The van der Waals surface area contributed by atoms with Crippen molar-refractivity contribution in [1.29, 1.82) is 0 Å². The molecule has 122 valence electrons. The Kier molecular flexibility index (Phi) is 5.68. The predicted molar refractivity (Wildman–Crippen MR) is 91.4 cm³/mol. The molecule has 0 radical (unpaired) electrons. The second kappa shape index (κ2) is 7.52. The van der Waals surface area contributed by atoms with Gasteiger partial charge in [0, 0.05) is 16.5 Å². The lowest BCUT2D eigenvalue weighted by Gasteiger charge is -2.06. The van der Waals surface area contributed by atoms with Crippen LogP contribution in [0.3, 0.4) is 0 Å². The second-order valence-electron chi connectivity index (χ2n) is 5.21. The van der Waals surface area contributed by atoms with Gasteiger partial charge in [-0.2, -0.15) is 0 Å². The summed E-state index contributed by atoms with van der Waals surface area (Å²) >= 11 is 1.51. The number of fused-ring (bicyclic) bond motifs is 1. The second-order valence-corrected chi connectivity index (χ2v) is 6.29. The summed E-state index contributed by atoms with van der Waals surface area (Å²) in [4.78, 5) is 28.3. The Morgan fingerprint density at radius 2 is 2.04 bits per heavy atom. The first-order valence-electron chi connectivity index (χ1n) is 7.14. The number of nitrogens with zero attached hydrogens (tertiary/aromatic N) is 2. The van der Waals surface area contributed by atoms with Gasteiger partial charge in [0.2, 0.25) is 5.91 Å². The lowest BCUT2D eigenvalue weighted by Crippen LogP contribution is -2.15. The number of para-hydroxylation sites is 1. The number of amides is 1. The third-order valence-corrected chi connectivity index (χ3v) is 4.70. The fourth-order valence-electron chi connectivity index (χ4n) is 2.58. The summed E-state index contributed by atoms with van der Waals surface area (Å²) in [7, 11) is 0. The third kappa shape index (κ3) is 4.05. The lowest BCUT2D eigenvalue weighted by atomic mass is 10.0. The van der Waals surface area contributed by atoms with Crippen LogP contribution in [-0.2, 0) is 24.1 Å². The Hall–Kier alpha value is -1.99. The van der Waals surface area contributed by atoms with Gasteiger partial charge in [-0.3, -0.25) is 14.9 Å². The van der Waals surface area contributed by atoms with Gasteiger partial charge in [-0.05, 0) is 25.7 Å². The lowest BCUT2D eigenvalue weighted by molar-refractivity contribution is -0.385. The number of rotatable bonds is 4. The number of carbonyl (C=O) groups is 1. The molecule has 23 heavy (non-hydrogen) atoms. The van der Waals surface area contributed by atoms with E-state index >= 15 is 0 Å². The summed E-state index contributed by atoms with van der Waals surface area (Å²) in [6, 6.07) is 6.29. The molecule has 0 bridgehead atoms. The van der Waals surface area contributed by atoms with Gasteiger partial charge in [0.25, 0.3) is 5.69 Å². The average Bonchev–Trinajstić information content (AvgIpc) is 2.89. The van der Waals surface area contributed by atoms with Crippen molar-refractivity contribution in [3.05, 3.63) is 50.5 Å². The monoisotopic (exact) mass is 353 g/mol. The predicted octanol–water partition coefficient (Wildman–Crippen LogP) is 3.53. The van der Waals surface area contributed by atoms with Crippen LogP contribution in [0, 0.1) is 10.1 Å². The molecule has 0 spiro atoms. The number of carbonyl (C=O) groups excluding carboxylic acids is 1. The minimum atomic E-state index is -0.468. The van der Waals surface area contributed by atoms with Gasteiger partial charge < -0.3 is 5.32 Å². The number of aromatic nitrogens is 1. The molecule has 0 fully saturated rings. The molecule has 6 nitrogen and oxygen atoms in total. The minimum absolute atomic E-state index is 0. The van der Waals surface area contributed by atoms with Crippen LogP contribution in [0.2, 0.25) is 0 Å². The normalized spacial score (nSPS) is 12.9. The number of thiazole rings is 1. The summed E-state index contributed by atoms with van der Waals surface area (Å²) in [5, 5.41) is 14.3. The Morgan fingerprint density at radius 3 is 2.78 bits per heavy atom. The van der Waals surface area contributed by atoms with Crippen molar-refractivity contribution < 1.29 is 9.72 Å². The summed E-state index contributed by atoms with van der Waals surface area (Å²) in [6.07, 6.45) is 4.26. The number of nitro benzene ring substituents is 1. The van der Waals surface area contributed by atoms with Gasteiger partial charge in [-0.15, -0.1) is 23.7 Å². The molecule has 0 aliphatic heterocycles. The smallest absolute Gasteiger partial charge is 0.273 e. The number of aryl methyl sites for hydroxylation is 2. The molecule has 0 unspecified atom stereocenters. The maximum Gasteiger partial charge on any atom is 0.273 e. The number of nitrogens with one attached hydrogen (secondary N) is 1. The number of hydrogen-bond acceptors (Lipinski definition) is 5. The molecule has 1 aromatic heterocycles. The number of hydrogen-bond donors (Lipinski definition) is 1. The topological polar surface area (TPSA) is 85.1 Å². The van der Waals surface area contributed by atoms with Crippen molar-refractivity contribution in [3.8, 4) is 0 Å². The van der Waals surface area contributed by atoms with Crippen LogP contribution in [-0.4, -0.2) is 15.8 Å². The zero-order valence-corrected chi connectivity index (χ0v) is 13.9. The minimum Gasteiger partial charge on any atom is -0.302 e. The van der Waals surface area contributed by atoms with Crippen LogP contribution in [0.15, 0.2) is 24.3 Å². The Bertz CT molecular complexity index is 709. The molecule has 3 rings (SSSR count). The number of anilines is 1. The molecule has 0 atom stereocenters. The molecular formula is C15H16ClN3O3S. The average molecular weight is 354 g/mol. The van der Waals surface area contributed by atoms with Crippen LogP contribution in [0.5, 0.6) is 0 Å². The molecule has 1 amide bonds. The van der Waals surface area contributed by atoms with Gasteiger partial charge in [-0.25, -0.2) is 4.98 Å². The van der Waals surface area contributed by atoms with Crippen LogP contribution < -0.4 is 5.32 Å². The van der Waals surface area contributed by atoms with Gasteiger partial charge in [-0.1, -0.05) is 18.2 Å². The Labute approximate surface area is 143 Å². The summed E-state index contributed by atoms with van der Waals surface area (Å²) < 4.78 is 0. The molecule has 2 aromatic rings. The maximum atomic E-state index is 12.1. The number of benzene rings is 1. The first kappa shape index (κ1) is 17.4. The number of nitro groups is 1. The summed E-state index contributed by atoms with van der Waals surface area (Å²) in [5.74, 6) is -0.277. The van der Waals surface area contributed by atoms with Gasteiger partial charge in [0.1, 0.15) is 0 Å². The molecule has 8 heteroatoms. The summed E-state index contributed by atoms with van der Waals surface area (Å²) in [6.45, 7) is 0. The molecule has 0 saturated carbocycles. The van der Waals surface area contributed by atoms with Crippen LogP contribution in [0.1, 0.15) is 29.0 Å². The largest absolute Gasteiger partial charge is 0.302 e. The van der Waals surface area contributed by atoms with E-state index in [0.717, 1.165) is 25.0 Å². The highest BCUT2D eigenvalue weighted by Gasteiger charge is 2.18. The van der Waals surface area contributed by atoms with E-state index < -0.39 is 4.92 Å². The zero-order valence-electron chi connectivity index (χ0n) is 12.3. The van der Waals surface area contributed by atoms with Crippen LogP contribution >= 0.6 is 23.7 Å². The van der Waals surface area contributed by atoms with E-state index in [-0.39, 0.29) is 30.4 Å². The van der Waals surface area contributed by atoms with E-state index in [1.54, 1.807) is 18.2 Å². The van der Waals surface area contributed by atoms with Crippen LogP contribution in [0.25, 0.3) is 0 Å². The van der Waals surface area contributed by atoms with Crippen molar-refractivity contribution >= 4 is 40.5 Å². The highest BCUT2D eigenvalue weighted by atomic mass is 35.5. The first-order chi connectivity index (χ1) is 10.6. The van der Waals surface area contributed by atoms with Crippen molar-refractivity contribution in [3.63, 3.8) is 0 Å². The van der Waals surface area contributed by atoms with Gasteiger partial charge >= 0.3 is 0 Å². The van der Waals surface area contributed by atoms with Crippen molar-refractivity contribution in [2.24, 2.45) is 0 Å². The highest BCUT2D eigenvalue weighted by Crippen LogP contribution is 2.29. The number of halogens is 1. The van der Waals surface area contributed by atoms with Crippen molar-refractivity contribution in [1.82, 2.24) is 4.98 Å². The van der Waals surface area contributed by atoms with Gasteiger partial charge in [0.15, 0.2) is 5.13 Å². The molecule has 1 heterocycles. The van der Waals surface area contributed by atoms with E-state index in [1.807, 2.05) is 0 Å². The van der Waals surface area contributed by atoms with E-state index in [0.29, 0.717) is 10.7 Å². The first-order valence-corrected chi connectivity index (χ1v) is 7.96. The molecule has 1 aliphatic rings. The molecular weight excluding hydrogens is 338 g/mol. The molecule has 0 saturated heterocycles. The van der Waals surface area contributed by atoms with E-state index in [2.05, 4.69) is 10.3 Å². The fraction of sp³-hybridized carbons (Fsp3) is 0.333. The Morgan fingerprint density at radius 1 is 1.30 bits per heavy atom. The fourth-order valence-corrected chi connectivity index (χ4v) is 3.65. The third-order valence-electron chi connectivity index (χ3n) is 3.63. The van der Waals surface area contributed by atoms with E-state index in [4.69, 9.17) is 0 Å². The molecule has 1 aliphatic carbocycles. The summed E-state index contributed by atoms with van der Waals surface area (Å²) in [5.41, 5.74) is 1.46. The highest BCUT2D eigenvalue weighted by molar-refractivity contribution is 7.15. The maximum absolute atomic E-state index is 12.1. The Balaban J connectivity index is 0.00000192. The van der Waals surface area contributed by atoms with E-state index in [9.17, 15) is 14.9 Å². The SMILES string of the molecule is Cl.O=C(Cc1ccccc1[N+](=O)[O-])Nc1nc2c(s1)CCCC2. The zero-order chi connectivity index (χ0) is 15.5. The van der Waals surface area contributed by atoms with Crippen molar-refractivity contribution in [2.45, 2.75) is 32.1 Å². The van der Waals surface area contributed by atoms with Crippen LogP contribution in [0.4, 0.5) is 10.8 Å².